The van der Waals surface area contributed by atoms with Crippen molar-refractivity contribution in [2.45, 2.75) is 19.4 Å². The van der Waals surface area contributed by atoms with Gasteiger partial charge in [0.25, 0.3) is 5.91 Å². The number of phenolic OH excluding ortho intramolecular Hbond substituents is 1. The van der Waals surface area contributed by atoms with Crippen molar-refractivity contribution in [2.75, 3.05) is 32.8 Å². The molecule has 2 rings (SSSR count). The lowest BCUT2D eigenvalue weighted by Gasteiger charge is -2.38. The van der Waals surface area contributed by atoms with Crippen LogP contribution in [0.4, 0.5) is 0 Å². The minimum atomic E-state index is -0.142. The van der Waals surface area contributed by atoms with E-state index in [1.807, 2.05) is 0 Å². The lowest BCUT2D eigenvalue weighted by Crippen LogP contribution is -2.52. The molecule has 21 heavy (non-hydrogen) atoms. The normalized spacial score (nSPS) is 17.8. The van der Waals surface area contributed by atoms with Crippen molar-refractivity contribution in [3.05, 3.63) is 28.2 Å². The van der Waals surface area contributed by atoms with E-state index in [0.717, 1.165) is 24.0 Å². The van der Waals surface area contributed by atoms with Gasteiger partial charge >= 0.3 is 0 Å². The van der Waals surface area contributed by atoms with Crippen molar-refractivity contribution >= 4 is 21.8 Å². The smallest absolute Gasteiger partial charge is 0.257 e. The van der Waals surface area contributed by atoms with E-state index >= 15 is 0 Å². The van der Waals surface area contributed by atoms with Gasteiger partial charge < -0.3 is 15.1 Å². The van der Waals surface area contributed by atoms with Gasteiger partial charge in [-0.05, 0) is 24.6 Å². The van der Waals surface area contributed by atoms with Crippen LogP contribution in [-0.4, -0.2) is 64.7 Å². The second kappa shape index (κ2) is 7.24. The van der Waals surface area contributed by atoms with E-state index in [-0.39, 0.29) is 24.3 Å². The van der Waals surface area contributed by atoms with Crippen LogP contribution in [0.3, 0.4) is 0 Å². The fourth-order valence-electron chi connectivity index (χ4n) is 2.65. The zero-order valence-electron chi connectivity index (χ0n) is 12.1. The summed E-state index contributed by atoms with van der Waals surface area (Å²) in [5.74, 6) is -0.143. The number of hydrogen-bond donors (Lipinski definition) is 2. The fraction of sp³-hybridized carbons (Fsp3) is 0.533. The molecule has 1 aromatic rings. The number of amides is 1. The molecular formula is C15H21BrN2O3. The Hall–Kier alpha value is -1.11. The van der Waals surface area contributed by atoms with E-state index in [4.69, 9.17) is 0 Å². The molecule has 1 unspecified atom stereocenters. The highest BCUT2D eigenvalue weighted by Gasteiger charge is 2.26. The first-order chi connectivity index (χ1) is 10.1. The molecule has 1 aliphatic rings. The van der Waals surface area contributed by atoms with Gasteiger partial charge in [0.05, 0.1) is 12.2 Å². The number of nitrogens with zero attached hydrogens (tertiary/aromatic N) is 2. The van der Waals surface area contributed by atoms with Crippen LogP contribution in [0.5, 0.6) is 5.75 Å². The number of aromatic hydroxyl groups is 1. The summed E-state index contributed by atoms with van der Waals surface area (Å²) < 4.78 is 0.745. The molecule has 1 aromatic carbocycles. The van der Waals surface area contributed by atoms with Crippen LogP contribution in [0, 0.1) is 0 Å². The van der Waals surface area contributed by atoms with Gasteiger partial charge in [-0.25, -0.2) is 0 Å². The second-order valence-electron chi connectivity index (χ2n) is 5.23. The van der Waals surface area contributed by atoms with E-state index < -0.39 is 0 Å². The third-order valence-corrected chi connectivity index (χ3v) is 4.48. The minimum Gasteiger partial charge on any atom is -0.507 e. The molecule has 5 nitrogen and oxygen atoms in total. The molecule has 2 N–H and O–H groups in total. The summed E-state index contributed by atoms with van der Waals surface area (Å²) in [6.07, 6.45) is 0.901. The monoisotopic (exact) mass is 356 g/mol. The molecule has 1 amide bonds. The first-order valence-electron chi connectivity index (χ1n) is 7.19. The van der Waals surface area contributed by atoms with Crippen LogP contribution in [0.25, 0.3) is 0 Å². The van der Waals surface area contributed by atoms with E-state index in [1.165, 1.54) is 6.07 Å². The quantitative estimate of drug-likeness (QED) is 0.861. The first kappa shape index (κ1) is 16.3. The van der Waals surface area contributed by atoms with Crippen molar-refractivity contribution in [3.63, 3.8) is 0 Å². The summed E-state index contributed by atoms with van der Waals surface area (Å²) in [6.45, 7) is 4.94. The fourth-order valence-corrected chi connectivity index (χ4v) is 3.00. The number of benzene rings is 1. The first-order valence-corrected chi connectivity index (χ1v) is 7.98. The van der Waals surface area contributed by atoms with Crippen molar-refractivity contribution < 1.29 is 15.0 Å². The topological polar surface area (TPSA) is 64.0 Å². The molecule has 0 bridgehead atoms. The van der Waals surface area contributed by atoms with Crippen LogP contribution in [0.2, 0.25) is 0 Å². The number of piperazine rings is 1. The highest BCUT2D eigenvalue weighted by Crippen LogP contribution is 2.24. The standard InChI is InChI=1S/C15H21BrN2O3/c1-2-12(10-19)17-5-7-18(8-6-17)15(21)13-4-3-11(16)9-14(13)20/h3-4,9,12,19-20H,2,5-8,10H2,1H3. The number of rotatable bonds is 4. The van der Waals surface area contributed by atoms with Crippen LogP contribution >= 0.6 is 15.9 Å². The highest BCUT2D eigenvalue weighted by molar-refractivity contribution is 9.10. The number of carbonyl (C=O) groups is 1. The van der Waals surface area contributed by atoms with E-state index in [0.29, 0.717) is 18.7 Å². The van der Waals surface area contributed by atoms with Crippen molar-refractivity contribution in [1.82, 2.24) is 9.80 Å². The molecule has 0 aliphatic carbocycles. The zero-order valence-corrected chi connectivity index (χ0v) is 13.7. The number of phenols is 1. The summed E-state index contributed by atoms with van der Waals surface area (Å²) >= 11 is 3.27. The van der Waals surface area contributed by atoms with Gasteiger partial charge in [0.15, 0.2) is 0 Å². The summed E-state index contributed by atoms with van der Waals surface area (Å²) in [4.78, 5) is 16.4. The number of aliphatic hydroxyl groups is 1. The predicted octanol–water partition coefficient (Wildman–Crippen LogP) is 1.68. The molecule has 0 radical (unpaired) electrons. The van der Waals surface area contributed by atoms with Gasteiger partial charge in [-0.3, -0.25) is 9.69 Å². The predicted molar refractivity (Wildman–Crippen MR) is 84.4 cm³/mol. The SMILES string of the molecule is CCC(CO)N1CCN(C(=O)c2ccc(Br)cc2O)CC1. The summed E-state index contributed by atoms with van der Waals surface area (Å²) in [7, 11) is 0. The maximum absolute atomic E-state index is 12.4. The molecule has 1 heterocycles. The highest BCUT2D eigenvalue weighted by atomic mass is 79.9. The molecule has 1 aliphatic heterocycles. The van der Waals surface area contributed by atoms with Crippen molar-refractivity contribution in [3.8, 4) is 5.75 Å². The van der Waals surface area contributed by atoms with Gasteiger partial charge in [-0.15, -0.1) is 0 Å². The molecule has 1 fully saturated rings. The molecular weight excluding hydrogens is 336 g/mol. The van der Waals surface area contributed by atoms with Gasteiger partial charge in [-0.1, -0.05) is 22.9 Å². The molecule has 0 spiro atoms. The maximum Gasteiger partial charge on any atom is 0.257 e. The Labute approximate surface area is 133 Å². The third kappa shape index (κ3) is 3.75. The van der Waals surface area contributed by atoms with Gasteiger partial charge in [0, 0.05) is 36.7 Å². The average molecular weight is 357 g/mol. The van der Waals surface area contributed by atoms with Crippen molar-refractivity contribution in [1.29, 1.82) is 0 Å². The minimum absolute atomic E-state index is 0.00130. The molecule has 116 valence electrons. The molecule has 6 heteroatoms. The Morgan fingerprint density at radius 1 is 1.33 bits per heavy atom. The summed E-state index contributed by atoms with van der Waals surface area (Å²) in [6, 6.07) is 5.09. The van der Waals surface area contributed by atoms with E-state index in [2.05, 4.69) is 27.8 Å². The number of hydrogen-bond acceptors (Lipinski definition) is 4. The molecule has 0 saturated carbocycles. The third-order valence-electron chi connectivity index (χ3n) is 3.99. The van der Waals surface area contributed by atoms with Crippen LogP contribution in [0.1, 0.15) is 23.7 Å². The number of carbonyl (C=O) groups excluding carboxylic acids is 1. The van der Waals surface area contributed by atoms with E-state index in [1.54, 1.807) is 17.0 Å². The Morgan fingerprint density at radius 3 is 2.52 bits per heavy atom. The Morgan fingerprint density at radius 2 is 2.00 bits per heavy atom. The number of aliphatic hydroxyl groups excluding tert-OH is 1. The average Bonchev–Trinajstić information content (AvgIpc) is 2.48. The van der Waals surface area contributed by atoms with E-state index in [9.17, 15) is 15.0 Å². The van der Waals surface area contributed by atoms with Crippen LogP contribution < -0.4 is 0 Å². The summed E-state index contributed by atoms with van der Waals surface area (Å²) in [5.41, 5.74) is 0.334. The second-order valence-corrected chi connectivity index (χ2v) is 6.15. The lowest BCUT2D eigenvalue weighted by atomic mass is 10.1. The Kier molecular flexibility index (Phi) is 5.61. The van der Waals surface area contributed by atoms with Gasteiger partial charge in [0.1, 0.15) is 5.75 Å². The lowest BCUT2D eigenvalue weighted by molar-refractivity contribution is 0.0470. The Balaban J connectivity index is 2.00. The number of halogens is 1. The molecule has 1 saturated heterocycles. The van der Waals surface area contributed by atoms with Crippen LogP contribution in [0.15, 0.2) is 22.7 Å². The zero-order chi connectivity index (χ0) is 15.4. The van der Waals surface area contributed by atoms with Crippen LogP contribution in [-0.2, 0) is 0 Å². The molecule has 1 atom stereocenters. The summed E-state index contributed by atoms with van der Waals surface area (Å²) in [5, 5.41) is 19.2. The Bertz CT molecular complexity index is 498. The van der Waals surface area contributed by atoms with Gasteiger partial charge in [0.2, 0.25) is 0 Å². The molecule has 0 aromatic heterocycles. The van der Waals surface area contributed by atoms with Gasteiger partial charge in [-0.2, -0.15) is 0 Å². The van der Waals surface area contributed by atoms with Crippen molar-refractivity contribution in [2.24, 2.45) is 0 Å². The largest absolute Gasteiger partial charge is 0.507 e. The maximum atomic E-state index is 12.4.